The van der Waals surface area contributed by atoms with Crippen LogP contribution in [0.5, 0.6) is 11.5 Å². The molecule has 0 bridgehead atoms. The maximum atomic E-state index is 13.2. The van der Waals surface area contributed by atoms with Crippen LogP contribution in [0.15, 0.2) is 66.7 Å². The van der Waals surface area contributed by atoms with E-state index >= 15 is 0 Å². The lowest BCUT2D eigenvalue weighted by Crippen LogP contribution is -2.32. The second-order valence-electron chi connectivity index (χ2n) is 6.37. The molecule has 0 aliphatic carbocycles. The molecule has 3 aromatic rings. The molecule has 3 rings (SSSR count). The third-order valence-electron chi connectivity index (χ3n) is 4.10. The van der Waals surface area contributed by atoms with Crippen molar-refractivity contribution in [2.45, 2.75) is 0 Å². The number of nitrogens with one attached hydrogen (secondary N) is 2. The van der Waals surface area contributed by atoms with Gasteiger partial charge in [0.2, 0.25) is 11.8 Å². The van der Waals surface area contributed by atoms with Crippen molar-refractivity contribution in [2.24, 2.45) is 5.73 Å². The summed E-state index contributed by atoms with van der Waals surface area (Å²) in [6.45, 7) is -0.359. The zero-order valence-corrected chi connectivity index (χ0v) is 16.0. The summed E-state index contributed by atoms with van der Waals surface area (Å²) in [6.07, 6.45) is 0. The molecule has 7 nitrogen and oxygen atoms in total. The van der Waals surface area contributed by atoms with Gasteiger partial charge in [-0.1, -0.05) is 0 Å². The molecule has 0 heterocycles. The zero-order chi connectivity index (χ0) is 22.4. The largest absolute Gasteiger partial charge is 0.457 e. The maximum absolute atomic E-state index is 13.2. The van der Waals surface area contributed by atoms with Crippen LogP contribution in [0.1, 0.15) is 20.7 Å². The average molecular weight is 425 g/mol. The van der Waals surface area contributed by atoms with E-state index in [1.54, 1.807) is 24.3 Å². The van der Waals surface area contributed by atoms with Gasteiger partial charge in [0.05, 0.1) is 6.54 Å². The minimum Gasteiger partial charge on any atom is -0.457 e. The first-order chi connectivity index (χ1) is 14.8. The van der Waals surface area contributed by atoms with E-state index in [2.05, 4.69) is 10.6 Å². The highest BCUT2D eigenvalue weighted by atomic mass is 19.2. The standard InChI is InChI=1S/C22H17F2N3O4/c23-18-10-5-15(11-19(18)24)27-20(28)12-26-22(30)14-3-8-17(9-4-14)31-16-6-1-13(2-7-16)21(25)29/h1-11H,12H2,(H2,25,29)(H,26,30)(H,27,28). The molecule has 0 atom stereocenters. The molecule has 0 aromatic heterocycles. The number of hydrogen-bond acceptors (Lipinski definition) is 4. The van der Waals surface area contributed by atoms with Crippen molar-refractivity contribution in [1.29, 1.82) is 0 Å². The van der Waals surface area contributed by atoms with Crippen molar-refractivity contribution in [2.75, 3.05) is 11.9 Å². The van der Waals surface area contributed by atoms with Crippen LogP contribution in [0.3, 0.4) is 0 Å². The Morgan fingerprint density at radius 1 is 0.806 bits per heavy atom. The van der Waals surface area contributed by atoms with Gasteiger partial charge in [-0.2, -0.15) is 0 Å². The van der Waals surface area contributed by atoms with Crippen LogP contribution in [0.2, 0.25) is 0 Å². The first kappa shape index (κ1) is 21.4. The molecule has 0 spiro atoms. The van der Waals surface area contributed by atoms with E-state index < -0.39 is 29.4 Å². The average Bonchev–Trinajstić information content (AvgIpc) is 2.75. The lowest BCUT2D eigenvalue weighted by molar-refractivity contribution is -0.115. The number of nitrogens with two attached hydrogens (primary N) is 1. The lowest BCUT2D eigenvalue weighted by Gasteiger charge is -2.09. The Balaban J connectivity index is 1.51. The Morgan fingerprint density at radius 3 is 1.94 bits per heavy atom. The van der Waals surface area contributed by atoms with Gasteiger partial charge in [-0.3, -0.25) is 14.4 Å². The fourth-order valence-electron chi connectivity index (χ4n) is 2.54. The molecule has 0 fully saturated rings. The van der Waals surface area contributed by atoms with Crippen LogP contribution in [0.4, 0.5) is 14.5 Å². The van der Waals surface area contributed by atoms with Crippen LogP contribution in [0, 0.1) is 11.6 Å². The number of amides is 3. The zero-order valence-electron chi connectivity index (χ0n) is 16.0. The number of benzene rings is 3. The molecule has 0 aliphatic rings. The van der Waals surface area contributed by atoms with E-state index in [1.807, 2.05) is 0 Å². The normalized spacial score (nSPS) is 10.3. The second-order valence-corrected chi connectivity index (χ2v) is 6.37. The Hall–Kier alpha value is -4.27. The summed E-state index contributed by atoms with van der Waals surface area (Å²) in [6, 6.07) is 15.3. The van der Waals surface area contributed by atoms with Gasteiger partial charge in [-0.15, -0.1) is 0 Å². The van der Waals surface area contributed by atoms with Crippen molar-refractivity contribution in [3.63, 3.8) is 0 Å². The molecular weight excluding hydrogens is 408 g/mol. The van der Waals surface area contributed by atoms with E-state index in [0.717, 1.165) is 12.1 Å². The Bertz CT molecular complexity index is 1120. The highest BCUT2D eigenvalue weighted by Gasteiger charge is 2.10. The van der Waals surface area contributed by atoms with Gasteiger partial charge >= 0.3 is 0 Å². The molecule has 0 aliphatic heterocycles. The third kappa shape index (κ3) is 5.86. The van der Waals surface area contributed by atoms with E-state index in [9.17, 15) is 23.2 Å². The second kappa shape index (κ2) is 9.49. The van der Waals surface area contributed by atoms with Gasteiger partial charge in [0, 0.05) is 22.9 Å². The highest BCUT2D eigenvalue weighted by molar-refractivity contribution is 5.99. The summed E-state index contributed by atoms with van der Waals surface area (Å²) < 4.78 is 31.7. The number of primary amides is 1. The molecule has 3 aromatic carbocycles. The fourth-order valence-corrected chi connectivity index (χ4v) is 2.54. The van der Waals surface area contributed by atoms with Crippen LogP contribution >= 0.6 is 0 Å². The molecule has 4 N–H and O–H groups in total. The summed E-state index contributed by atoms with van der Waals surface area (Å²) in [5.74, 6) is -2.82. The number of rotatable bonds is 7. The summed E-state index contributed by atoms with van der Waals surface area (Å²) in [7, 11) is 0. The van der Waals surface area contributed by atoms with Gasteiger partial charge in [0.1, 0.15) is 11.5 Å². The van der Waals surface area contributed by atoms with Gasteiger partial charge < -0.3 is 21.1 Å². The summed E-state index contributed by atoms with van der Waals surface area (Å²) in [4.78, 5) is 35.1. The molecule has 0 saturated heterocycles. The molecule has 3 amide bonds. The Morgan fingerprint density at radius 2 is 1.39 bits per heavy atom. The van der Waals surface area contributed by atoms with Crippen LogP contribution in [-0.2, 0) is 4.79 Å². The van der Waals surface area contributed by atoms with Crippen molar-refractivity contribution < 1.29 is 27.9 Å². The van der Waals surface area contributed by atoms with E-state index in [4.69, 9.17) is 10.5 Å². The fraction of sp³-hybridized carbons (Fsp3) is 0.0455. The molecule has 31 heavy (non-hydrogen) atoms. The number of anilines is 1. The summed E-state index contributed by atoms with van der Waals surface area (Å²) in [5.41, 5.74) is 5.90. The molecule has 158 valence electrons. The number of carbonyl (C=O) groups is 3. The summed E-state index contributed by atoms with van der Waals surface area (Å²) in [5, 5.41) is 4.78. The molecule has 0 saturated carbocycles. The summed E-state index contributed by atoms with van der Waals surface area (Å²) >= 11 is 0. The van der Waals surface area contributed by atoms with Gasteiger partial charge in [-0.05, 0) is 60.7 Å². The quantitative estimate of drug-likeness (QED) is 0.540. The predicted molar refractivity (Wildman–Crippen MR) is 109 cm³/mol. The highest BCUT2D eigenvalue weighted by Crippen LogP contribution is 2.22. The Labute approximate surface area is 175 Å². The molecule has 0 radical (unpaired) electrons. The lowest BCUT2D eigenvalue weighted by atomic mass is 10.2. The maximum Gasteiger partial charge on any atom is 0.251 e. The van der Waals surface area contributed by atoms with Crippen molar-refractivity contribution in [3.8, 4) is 11.5 Å². The predicted octanol–water partition coefficient (Wildman–Crippen LogP) is 3.22. The number of halogens is 2. The van der Waals surface area contributed by atoms with Gasteiger partial charge in [0.25, 0.3) is 5.91 Å². The van der Waals surface area contributed by atoms with E-state index in [-0.39, 0.29) is 17.8 Å². The minimum absolute atomic E-state index is 0.0727. The Kier molecular flexibility index (Phi) is 6.56. The van der Waals surface area contributed by atoms with Gasteiger partial charge in [0.15, 0.2) is 11.6 Å². The van der Waals surface area contributed by atoms with Crippen LogP contribution in [0.25, 0.3) is 0 Å². The van der Waals surface area contributed by atoms with Crippen molar-refractivity contribution in [1.82, 2.24) is 5.32 Å². The van der Waals surface area contributed by atoms with Crippen molar-refractivity contribution in [3.05, 3.63) is 89.5 Å². The smallest absolute Gasteiger partial charge is 0.251 e. The third-order valence-corrected chi connectivity index (χ3v) is 4.10. The molecule has 0 unspecified atom stereocenters. The van der Waals surface area contributed by atoms with E-state index in [1.165, 1.54) is 30.3 Å². The van der Waals surface area contributed by atoms with Gasteiger partial charge in [-0.25, -0.2) is 8.78 Å². The van der Waals surface area contributed by atoms with Crippen molar-refractivity contribution >= 4 is 23.4 Å². The number of ether oxygens (including phenoxy) is 1. The number of carbonyl (C=O) groups excluding carboxylic acids is 3. The van der Waals surface area contributed by atoms with Crippen LogP contribution < -0.4 is 21.1 Å². The monoisotopic (exact) mass is 425 g/mol. The first-order valence-corrected chi connectivity index (χ1v) is 9.03. The SMILES string of the molecule is NC(=O)c1ccc(Oc2ccc(C(=O)NCC(=O)Nc3ccc(F)c(F)c3)cc2)cc1. The molecule has 9 heteroatoms. The number of hydrogen-bond donors (Lipinski definition) is 3. The topological polar surface area (TPSA) is 111 Å². The van der Waals surface area contributed by atoms with E-state index in [0.29, 0.717) is 17.1 Å². The first-order valence-electron chi connectivity index (χ1n) is 9.03. The molecular formula is C22H17F2N3O4. The minimum atomic E-state index is -1.09. The van der Waals surface area contributed by atoms with Crippen LogP contribution in [-0.4, -0.2) is 24.3 Å².